The highest BCUT2D eigenvalue weighted by molar-refractivity contribution is 5.92. The van der Waals surface area contributed by atoms with Gasteiger partial charge in [0.2, 0.25) is 0 Å². The molecule has 26 heavy (non-hydrogen) atoms. The van der Waals surface area contributed by atoms with Crippen LogP contribution < -0.4 is 5.56 Å². The minimum Gasteiger partial charge on any atom is -0.439 e. The van der Waals surface area contributed by atoms with Gasteiger partial charge in [-0.2, -0.15) is 0 Å². The van der Waals surface area contributed by atoms with Crippen LogP contribution in [0, 0.1) is 0 Å². The first-order valence-electron chi connectivity index (χ1n) is 8.58. The molecule has 2 amide bonds. The second-order valence-corrected chi connectivity index (χ2v) is 6.92. The van der Waals surface area contributed by atoms with Crippen LogP contribution >= 0.6 is 0 Å². The van der Waals surface area contributed by atoms with E-state index in [1.54, 1.807) is 24.1 Å². The normalized spacial score (nSPS) is 22.7. The number of H-pyrrole nitrogens is 1. The lowest BCUT2D eigenvalue weighted by atomic mass is 9.92. The predicted molar refractivity (Wildman–Crippen MR) is 93.4 cm³/mol. The highest BCUT2D eigenvalue weighted by Gasteiger charge is 2.47. The van der Waals surface area contributed by atoms with E-state index < -0.39 is 5.60 Å². The van der Waals surface area contributed by atoms with Crippen LogP contribution in [0.15, 0.2) is 41.2 Å². The van der Waals surface area contributed by atoms with Gasteiger partial charge in [-0.25, -0.2) is 9.48 Å². The highest BCUT2D eigenvalue weighted by atomic mass is 16.6. The van der Waals surface area contributed by atoms with E-state index in [0.717, 1.165) is 12.8 Å². The van der Waals surface area contributed by atoms with E-state index in [9.17, 15) is 14.4 Å². The van der Waals surface area contributed by atoms with Gasteiger partial charge in [-0.1, -0.05) is 18.2 Å². The van der Waals surface area contributed by atoms with Gasteiger partial charge in [0.05, 0.1) is 18.8 Å². The molecule has 2 aliphatic heterocycles. The smallest absolute Gasteiger partial charge is 0.410 e. The van der Waals surface area contributed by atoms with E-state index in [1.807, 2.05) is 18.2 Å². The fourth-order valence-corrected chi connectivity index (χ4v) is 3.72. The Labute approximate surface area is 149 Å². The van der Waals surface area contributed by atoms with E-state index in [0.29, 0.717) is 25.3 Å². The number of para-hydroxylation sites is 1. The summed E-state index contributed by atoms with van der Waals surface area (Å²) in [5.41, 5.74) is -0.0490. The van der Waals surface area contributed by atoms with Crippen LogP contribution in [0.25, 0.3) is 5.69 Å². The van der Waals surface area contributed by atoms with Crippen molar-refractivity contribution in [1.82, 2.24) is 19.6 Å². The summed E-state index contributed by atoms with van der Waals surface area (Å²) < 4.78 is 6.88. The lowest BCUT2D eigenvalue weighted by Crippen LogP contribution is -2.52. The summed E-state index contributed by atoms with van der Waals surface area (Å²) in [6.45, 7) is 1.37. The van der Waals surface area contributed by atoms with Gasteiger partial charge < -0.3 is 14.5 Å². The maximum atomic E-state index is 12.9. The van der Waals surface area contributed by atoms with E-state index in [4.69, 9.17) is 4.74 Å². The monoisotopic (exact) mass is 356 g/mol. The third-order valence-electron chi connectivity index (χ3n) is 4.93. The van der Waals surface area contributed by atoms with Crippen molar-refractivity contribution in [1.29, 1.82) is 0 Å². The number of carbonyl (C=O) groups is 2. The summed E-state index contributed by atoms with van der Waals surface area (Å²) >= 11 is 0. The number of nitrogens with one attached hydrogen (secondary N) is 1. The van der Waals surface area contributed by atoms with Gasteiger partial charge in [0.15, 0.2) is 0 Å². The molecule has 0 bridgehead atoms. The number of amides is 2. The number of piperidine rings is 1. The minimum absolute atomic E-state index is 0.230. The summed E-state index contributed by atoms with van der Waals surface area (Å²) in [4.78, 5) is 40.1. The minimum atomic E-state index is -0.651. The number of aromatic amines is 1. The van der Waals surface area contributed by atoms with E-state index in [2.05, 4.69) is 5.10 Å². The third kappa shape index (κ3) is 2.77. The van der Waals surface area contributed by atoms with Crippen molar-refractivity contribution < 1.29 is 14.3 Å². The number of likely N-dealkylation sites (N-methyl/N-ethyl adjacent to an activating group) is 1. The Morgan fingerprint density at radius 3 is 2.65 bits per heavy atom. The van der Waals surface area contributed by atoms with Crippen LogP contribution in [-0.4, -0.2) is 63.9 Å². The molecule has 2 aromatic rings. The van der Waals surface area contributed by atoms with Gasteiger partial charge in [0, 0.05) is 19.7 Å². The first-order valence-corrected chi connectivity index (χ1v) is 8.58. The molecule has 2 fully saturated rings. The lowest BCUT2D eigenvalue weighted by Gasteiger charge is -2.38. The Morgan fingerprint density at radius 1 is 1.19 bits per heavy atom. The molecule has 3 heterocycles. The number of hydrogen-bond acceptors (Lipinski definition) is 4. The first kappa shape index (κ1) is 16.4. The van der Waals surface area contributed by atoms with E-state index >= 15 is 0 Å². The molecule has 0 radical (unpaired) electrons. The SMILES string of the molecule is CN1C[C@]2(CCCN(C(=O)c3cc(=O)n(-c4ccccc4)[nH]3)C2)OC1=O. The van der Waals surface area contributed by atoms with E-state index in [1.165, 1.54) is 15.6 Å². The quantitative estimate of drug-likeness (QED) is 0.876. The summed E-state index contributed by atoms with van der Waals surface area (Å²) in [7, 11) is 1.69. The Hall–Kier alpha value is -3.03. The van der Waals surface area contributed by atoms with Gasteiger partial charge in [-0.3, -0.25) is 14.7 Å². The van der Waals surface area contributed by atoms with Crippen molar-refractivity contribution in [2.24, 2.45) is 0 Å². The molecule has 136 valence electrons. The predicted octanol–water partition coefficient (Wildman–Crippen LogP) is 1.22. The fourth-order valence-electron chi connectivity index (χ4n) is 3.72. The molecule has 1 aromatic carbocycles. The topological polar surface area (TPSA) is 87.6 Å². The number of carbonyl (C=O) groups excluding carboxylic acids is 2. The van der Waals surface area contributed by atoms with Crippen LogP contribution in [0.3, 0.4) is 0 Å². The molecule has 1 N–H and O–H groups in total. The molecule has 2 aliphatic rings. The second-order valence-electron chi connectivity index (χ2n) is 6.92. The standard InChI is InChI=1S/C18H20N4O4/c1-20-11-18(26-17(20)25)8-5-9-21(12-18)16(24)14-10-15(23)22(19-14)13-6-3-2-4-7-13/h2-4,6-7,10,19H,5,8-9,11-12H2,1H3/t18-/m0/s1. The highest BCUT2D eigenvalue weighted by Crippen LogP contribution is 2.31. The molecule has 8 heteroatoms. The van der Waals surface area contributed by atoms with Gasteiger partial charge in [0.1, 0.15) is 11.3 Å². The third-order valence-corrected chi connectivity index (χ3v) is 4.93. The molecule has 8 nitrogen and oxygen atoms in total. The molecular formula is C18H20N4O4. The number of rotatable bonds is 2. The van der Waals surface area contributed by atoms with Gasteiger partial charge in [0.25, 0.3) is 11.5 Å². The zero-order valence-corrected chi connectivity index (χ0v) is 14.5. The fraction of sp³-hybridized carbons (Fsp3) is 0.389. The Bertz CT molecular complexity index is 903. The summed E-state index contributed by atoms with van der Waals surface area (Å²) in [6, 6.07) is 10.4. The van der Waals surface area contributed by atoms with E-state index in [-0.39, 0.29) is 23.3 Å². The summed E-state index contributed by atoms with van der Waals surface area (Å²) in [5.74, 6) is -0.263. The van der Waals surface area contributed by atoms with Crippen molar-refractivity contribution in [2.45, 2.75) is 18.4 Å². The average Bonchev–Trinajstić information content (AvgIpc) is 3.15. The lowest BCUT2D eigenvalue weighted by molar-refractivity contribution is -0.00542. The average molecular weight is 356 g/mol. The van der Waals surface area contributed by atoms with Crippen molar-refractivity contribution in [3.05, 3.63) is 52.4 Å². The number of aromatic nitrogens is 2. The Kier molecular flexibility index (Phi) is 3.82. The van der Waals surface area contributed by atoms with Gasteiger partial charge >= 0.3 is 6.09 Å². The van der Waals surface area contributed by atoms with Crippen molar-refractivity contribution in [3.63, 3.8) is 0 Å². The molecule has 1 aromatic heterocycles. The number of likely N-dealkylation sites (tertiary alicyclic amines) is 1. The second kappa shape index (κ2) is 6.05. The van der Waals surface area contributed by atoms with Crippen molar-refractivity contribution >= 4 is 12.0 Å². The van der Waals surface area contributed by atoms with Crippen molar-refractivity contribution in [3.8, 4) is 5.69 Å². The molecule has 4 rings (SSSR count). The zero-order chi connectivity index (χ0) is 18.3. The molecule has 1 spiro atoms. The molecular weight excluding hydrogens is 336 g/mol. The molecule has 0 aliphatic carbocycles. The van der Waals surface area contributed by atoms with Crippen LogP contribution in [-0.2, 0) is 4.74 Å². The van der Waals surface area contributed by atoms with Gasteiger partial charge in [-0.15, -0.1) is 0 Å². The van der Waals surface area contributed by atoms with Crippen LogP contribution in [0.5, 0.6) is 0 Å². The van der Waals surface area contributed by atoms with Gasteiger partial charge in [-0.05, 0) is 25.0 Å². The Morgan fingerprint density at radius 2 is 1.96 bits per heavy atom. The largest absolute Gasteiger partial charge is 0.439 e. The zero-order valence-electron chi connectivity index (χ0n) is 14.5. The van der Waals surface area contributed by atoms with Crippen LogP contribution in [0.4, 0.5) is 4.79 Å². The Balaban J connectivity index is 1.57. The number of benzene rings is 1. The summed E-state index contributed by atoms with van der Waals surface area (Å²) in [6.07, 6.45) is 1.12. The number of ether oxygens (including phenoxy) is 1. The summed E-state index contributed by atoms with van der Waals surface area (Å²) in [5, 5.41) is 2.89. The van der Waals surface area contributed by atoms with Crippen molar-refractivity contribution in [2.75, 3.05) is 26.7 Å². The maximum absolute atomic E-state index is 12.9. The maximum Gasteiger partial charge on any atom is 0.410 e. The van der Waals surface area contributed by atoms with Crippen LogP contribution in [0.2, 0.25) is 0 Å². The molecule has 1 atom stereocenters. The molecule has 0 unspecified atom stereocenters. The van der Waals surface area contributed by atoms with Crippen LogP contribution in [0.1, 0.15) is 23.3 Å². The first-order chi connectivity index (χ1) is 12.5. The number of nitrogens with zero attached hydrogens (tertiary/aromatic N) is 3. The molecule has 2 saturated heterocycles. The molecule has 0 saturated carbocycles. The number of hydrogen-bond donors (Lipinski definition) is 1.